The molecule has 1 aliphatic rings. The monoisotopic (exact) mass is 545 g/mol. The number of amides is 1. The van der Waals surface area contributed by atoms with Crippen molar-refractivity contribution < 1.29 is 9.18 Å². The van der Waals surface area contributed by atoms with Gasteiger partial charge in [-0.05, 0) is 51.1 Å². The lowest BCUT2D eigenvalue weighted by atomic mass is 10.1. The number of pyridine rings is 2. The molecule has 0 aliphatic carbocycles. The van der Waals surface area contributed by atoms with E-state index in [2.05, 4.69) is 37.2 Å². The molecule has 1 atom stereocenters. The van der Waals surface area contributed by atoms with Crippen molar-refractivity contribution in [2.45, 2.75) is 36.8 Å². The third-order valence-electron chi connectivity index (χ3n) is 7.34. The normalized spacial score (nSPS) is 16.0. The van der Waals surface area contributed by atoms with Crippen molar-refractivity contribution in [2.75, 3.05) is 25.9 Å². The number of nitrogens with one attached hydrogen (secondary N) is 2. The van der Waals surface area contributed by atoms with Crippen molar-refractivity contribution in [3.63, 3.8) is 0 Å². The van der Waals surface area contributed by atoms with Crippen LogP contribution in [0.4, 0.5) is 4.39 Å². The average molecular weight is 546 g/mol. The van der Waals surface area contributed by atoms with Gasteiger partial charge in [0.1, 0.15) is 16.2 Å². The zero-order valence-electron chi connectivity index (χ0n) is 21.5. The van der Waals surface area contributed by atoms with Gasteiger partial charge in [-0.3, -0.25) is 24.0 Å². The zero-order chi connectivity index (χ0) is 26.9. The predicted molar refractivity (Wildman–Crippen MR) is 150 cm³/mol. The second-order valence-electron chi connectivity index (χ2n) is 9.79. The van der Waals surface area contributed by atoms with Crippen molar-refractivity contribution in [3.05, 3.63) is 76.2 Å². The van der Waals surface area contributed by atoms with Gasteiger partial charge in [-0.2, -0.15) is 0 Å². The molecule has 1 amide bonds. The Morgan fingerprint density at radius 1 is 1.28 bits per heavy atom. The van der Waals surface area contributed by atoms with Crippen LogP contribution in [0.2, 0.25) is 0 Å². The highest BCUT2D eigenvalue weighted by Gasteiger charge is 2.25. The molecule has 9 nitrogen and oxygen atoms in total. The summed E-state index contributed by atoms with van der Waals surface area (Å²) in [5.41, 5.74) is 2.36. The van der Waals surface area contributed by atoms with E-state index in [1.54, 1.807) is 23.0 Å². The maximum Gasteiger partial charge on any atom is 0.259 e. The number of thioether (sulfide) groups is 1. The number of nitrogens with zero attached hydrogens (tertiary/aromatic N) is 5. The van der Waals surface area contributed by atoms with Gasteiger partial charge >= 0.3 is 0 Å². The Morgan fingerprint density at radius 2 is 2.15 bits per heavy atom. The number of hydrogen-bond donors (Lipinski definition) is 2. The third-order valence-corrected chi connectivity index (χ3v) is 8.31. The van der Waals surface area contributed by atoms with E-state index in [9.17, 15) is 9.59 Å². The summed E-state index contributed by atoms with van der Waals surface area (Å²) in [6, 6.07) is 9.12. The van der Waals surface area contributed by atoms with Gasteiger partial charge in [0.2, 0.25) is 5.43 Å². The Morgan fingerprint density at radius 3 is 2.95 bits per heavy atom. The highest BCUT2D eigenvalue weighted by atomic mass is 32.2. The Balaban J connectivity index is 1.38. The number of para-hydroxylation sites is 2. The van der Waals surface area contributed by atoms with Crippen molar-refractivity contribution in [2.24, 2.45) is 0 Å². The quantitative estimate of drug-likeness (QED) is 0.286. The molecule has 1 fully saturated rings. The van der Waals surface area contributed by atoms with Crippen LogP contribution < -0.4 is 10.7 Å². The SMILES string of the molecule is CN1CCCC1CCNC(=O)c1c(=O)c2cc(F)c(SCCc3cnccn3)nc2n2c1[nH]c1ccccc12. The van der Waals surface area contributed by atoms with Crippen LogP contribution >= 0.6 is 11.8 Å². The number of fused-ring (bicyclic) bond motifs is 5. The molecular weight excluding hydrogens is 517 g/mol. The van der Waals surface area contributed by atoms with Crippen LogP contribution in [-0.2, 0) is 6.42 Å². The first-order chi connectivity index (χ1) is 19.0. The van der Waals surface area contributed by atoms with Crippen LogP contribution in [0.5, 0.6) is 0 Å². The second-order valence-corrected chi connectivity index (χ2v) is 10.9. The molecule has 0 radical (unpaired) electrons. The number of halogens is 1. The van der Waals surface area contributed by atoms with E-state index in [1.807, 2.05) is 24.3 Å². The van der Waals surface area contributed by atoms with Gasteiger partial charge in [-0.1, -0.05) is 12.1 Å². The summed E-state index contributed by atoms with van der Waals surface area (Å²) in [6.45, 7) is 1.51. The summed E-state index contributed by atoms with van der Waals surface area (Å²) in [7, 11) is 2.09. The second kappa shape index (κ2) is 10.7. The Labute approximate surface area is 227 Å². The molecule has 1 saturated heterocycles. The molecule has 2 N–H and O–H groups in total. The number of carbonyl (C=O) groups excluding carboxylic acids is 1. The van der Waals surface area contributed by atoms with Crippen LogP contribution in [0.25, 0.3) is 27.7 Å². The van der Waals surface area contributed by atoms with Crippen LogP contribution in [0.15, 0.2) is 58.7 Å². The van der Waals surface area contributed by atoms with Crippen molar-refractivity contribution in [1.82, 2.24) is 34.6 Å². The van der Waals surface area contributed by atoms with Gasteiger partial charge in [-0.15, -0.1) is 11.8 Å². The minimum absolute atomic E-state index is 0.0391. The molecule has 5 heterocycles. The van der Waals surface area contributed by atoms with Gasteiger partial charge in [0, 0.05) is 43.4 Å². The van der Waals surface area contributed by atoms with E-state index in [1.165, 1.54) is 17.8 Å². The topological polar surface area (TPSA) is 108 Å². The van der Waals surface area contributed by atoms with Gasteiger partial charge in [0.05, 0.1) is 22.1 Å². The first-order valence-electron chi connectivity index (χ1n) is 13.0. The standard InChI is InChI=1S/C28H28FN7O2S/c1-35-13-4-5-18(35)8-10-32-27(38)23-24(37)19-15-20(29)28(39-14-9-17-16-30-11-12-31-17)34-25(19)36-22-7-3-2-6-21(22)33-26(23)36/h2-3,6-7,11-12,15-16,18,33H,4-5,8-10,13-14H2,1H3,(H,32,38). The van der Waals surface area contributed by atoms with E-state index in [4.69, 9.17) is 0 Å². The number of hydrogen-bond acceptors (Lipinski definition) is 7. The molecular formula is C28H28FN7O2S. The number of aryl methyl sites for hydroxylation is 1. The smallest absolute Gasteiger partial charge is 0.259 e. The van der Waals surface area contributed by atoms with E-state index in [0.717, 1.165) is 42.5 Å². The first-order valence-corrected chi connectivity index (χ1v) is 14.0. The number of carbonyl (C=O) groups is 1. The summed E-state index contributed by atoms with van der Waals surface area (Å²) >= 11 is 1.25. The molecule has 0 spiro atoms. The summed E-state index contributed by atoms with van der Waals surface area (Å²) in [5, 5.41) is 3.18. The van der Waals surface area contributed by atoms with Crippen LogP contribution in [0.3, 0.4) is 0 Å². The summed E-state index contributed by atoms with van der Waals surface area (Å²) < 4.78 is 17.0. The van der Waals surface area contributed by atoms with Crippen molar-refractivity contribution in [3.8, 4) is 0 Å². The third kappa shape index (κ3) is 4.87. The molecule has 1 unspecified atom stereocenters. The highest BCUT2D eigenvalue weighted by Crippen LogP contribution is 2.27. The van der Waals surface area contributed by atoms with Crippen molar-refractivity contribution in [1.29, 1.82) is 0 Å². The molecule has 0 saturated carbocycles. The number of imidazole rings is 1. The summed E-state index contributed by atoms with van der Waals surface area (Å²) in [6.07, 6.45) is 8.55. The minimum Gasteiger partial charge on any atom is -0.352 e. The number of likely N-dealkylation sites (tertiary alicyclic amines) is 1. The van der Waals surface area contributed by atoms with E-state index >= 15 is 4.39 Å². The predicted octanol–water partition coefficient (Wildman–Crippen LogP) is 3.81. The van der Waals surface area contributed by atoms with Gasteiger partial charge in [0.25, 0.3) is 5.91 Å². The maximum atomic E-state index is 15.2. The number of H-pyrrole nitrogens is 1. The van der Waals surface area contributed by atoms with Crippen LogP contribution in [-0.4, -0.2) is 67.1 Å². The van der Waals surface area contributed by atoms with E-state index in [0.29, 0.717) is 36.1 Å². The lowest BCUT2D eigenvalue weighted by molar-refractivity contribution is 0.0950. The summed E-state index contributed by atoms with van der Waals surface area (Å²) in [5.74, 6) is -0.537. The summed E-state index contributed by atoms with van der Waals surface area (Å²) in [4.78, 5) is 45.5. The largest absolute Gasteiger partial charge is 0.352 e. The molecule has 1 aliphatic heterocycles. The fourth-order valence-corrected chi connectivity index (χ4v) is 6.18. The molecule has 1 aromatic carbocycles. The first kappa shape index (κ1) is 25.4. The zero-order valence-corrected chi connectivity index (χ0v) is 22.3. The fraction of sp³-hybridized carbons (Fsp3) is 0.321. The lowest BCUT2D eigenvalue weighted by Gasteiger charge is -2.19. The number of benzene rings is 1. The number of aromatic nitrogens is 5. The lowest BCUT2D eigenvalue weighted by Crippen LogP contribution is -2.34. The van der Waals surface area contributed by atoms with E-state index in [-0.39, 0.29) is 16.0 Å². The molecule has 0 bridgehead atoms. The van der Waals surface area contributed by atoms with Gasteiger partial charge in [0.15, 0.2) is 11.5 Å². The molecule has 39 heavy (non-hydrogen) atoms. The molecule has 6 rings (SSSR count). The Bertz CT molecular complexity index is 1740. The Kier molecular flexibility index (Phi) is 7.01. The fourth-order valence-electron chi connectivity index (χ4n) is 5.32. The highest BCUT2D eigenvalue weighted by molar-refractivity contribution is 7.99. The van der Waals surface area contributed by atoms with Crippen molar-refractivity contribution >= 4 is 45.4 Å². The molecule has 4 aromatic heterocycles. The molecule has 11 heteroatoms. The number of rotatable bonds is 8. The minimum atomic E-state index is -0.598. The average Bonchev–Trinajstić information content (AvgIpc) is 3.53. The van der Waals surface area contributed by atoms with Gasteiger partial charge in [-0.25, -0.2) is 9.37 Å². The van der Waals surface area contributed by atoms with Crippen LogP contribution in [0, 0.1) is 5.82 Å². The molecule has 200 valence electrons. The maximum absolute atomic E-state index is 15.2. The number of aromatic amines is 1. The van der Waals surface area contributed by atoms with Crippen LogP contribution in [0.1, 0.15) is 35.3 Å². The Hall–Kier alpha value is -3.83. The van der Waals surface area contributed by atoms with E-state index < -0.39 is 17.2 Å². The van der Waals surface area contributed by atoms with Gasteiger partial charge < -0.3 is 15.2 Å². The molecule has 5 aromatic rings.